The number of hydrogen-bond acceptors (Lipinski definition) is 3. The van der Waals surface area contributed by atoms with Gasteiger partial charge in [0.25, 0.3) is 0 Å². The fraction of sp³-hybridized carbons (Fsp3) is 0.455. The van der Waals surface area contributed by atoms with Gasteiger partial charge in [-0.05, 0) is 19.1 Å². The van der Waals surface area contributed by atoms with E-state index in [-0.39, 0.29) is 30.9 Å². The Labute approximate surface area is 92.3 Å². The molecule has 1 aromatic rings. The minimum Gasteiger partial charge on any atom is -0.491 e. The van der Waals surface area contributed by atoms with Crippen molar-refractivity contribution in [1.82, 2.24) is 0 Å². The minimum atomic E-state index is -1.21. The molecule has 0 aliphatic heterocycles. The SMILES string of the molecule is CCOc1ccc(C(O)CCO)c(F)c1F. The monoisotopic (exact) mass is 232 g/mol. The Hall–Kier alpha value is -1.20. The number of ether oxygens (including phenoxy) is 1. The second-order valence-corrected chi connectivity index (χ2v) is 3.24. The minimum absolute atomic E-state index is 0.0374. The number of hydrogen-bond donors (Lipinski definition) is 2. The molecule has 0 amide bonds. The van der Waals surface area contributed by atoms with Gasteiger partial charge in [0, 0.05) is 18.6 Å². The third kappa shape index (κ3) is 2.68. The Morgan fingerprint density at radius 2 is 2.00 bits per heavy atom. The molecule has 0 aliphatic carbocycles. The summed E-state index contributed by atoms with van der Waals surface area (Å²) in [6, 6.07) is 2.52. The van der Waals surface area contributed by atoms with Gasteiger partial charge >= 0.3 is 0 Å². The van der Waals surface area contributed by atoms with Gasteiger partial charge in [0.1, 0.15) is 0 Å². The van der Waals surface area contributed by atoms with E-state index in [9.17, 15) is 13.9 Å². The molecule has 0 radical (unpaired) electrons. The third-order valence-electron chi connectivity index (χ3n) is 2.14. The highest BCUT2D eigenvalue weighted by Gasteiger charge is 2.19. The van der Waals surface area contributed by atoms with E-state index in [0.717, 1.165) is 0 Å². The predicted octanol–water partition coefficient (Wildman–Crippen LogP) is 1.78. The van der Waals surface area contributed by atoms with Crippen molar-refractivity contribution < 1.29 is 23.7 Å². The molecular formula is C11H14F2O3. The van der Waals surface area contributed by atoms with Crippen LogP contribution in [-0.2, 0) is 0 Å². The molecule has 0 spiro atoms. The molecule has 5 heteroatoms. The topological polar surface area (TPSA) is 49.7 Å². The lowest BCUT2D eigenvalue weighted by atomic mass is 10.1. The zero-order chi connectivity index (χ0) is 12.1. The van der Waals surface area contributed by atoms with Crippen LogP contribution < -0.4 is 4.74 Å². The predicted molar refractivity (Wildman–Crippen MR) is 54.2 cm³/mol. The van der Waals surface area contributed by atoms with E-state index in [4.69, 9.17) is 9.84 Å². The van der Waals surface area contributed by atoms with Crippen LogP contribution in [0.5, 0.6) is 5.75 Å². The molecule has 0 heterocycles. The van der Waals surface area contributed by atoms with Crippen molar-refractivity contribution in [2.45, 2.75) is 19.4 Å². The van der Waals surface area contributed by atoms with Gasteiger partial charge in [0.05, 0.1) is 12.7 Å². The maximum Gasteiger partial charge on any atom is 0.200 e. The van der Waals surface area contributed by atoms with Crippen LogP contribution in [0, 0.1) is 11.6 Å². The lowest BCUT2D eigenvalue weighted by molar-refractivity contribution is 0.130. The van der Waals surface area contributed by atoms with Crippen LogP contribution in [-0.4, -0.2) is 23.4 Å². The van der Waals surface area contributed by atoms with Gasteiger partial charge in [-0.2, -0.15) is 4.39 Å². The molecule has 0 saturated carbocycles. The first-order valence-electron chi connectivity index (χ1n) is 5.01. The van der Waals surface area contributed by atoms with Crippen LogP contribution in [0.15, 0.2) is 12.1 Å². The molecule has 1 aromatic carbocycles. The van der Waals surface area contributed by atoms with Gasteiger partial charge in [-0.1, -0.05) is 0 Å². The van der Waals surface area contributed by atoms with Crippen molar-refractivity contribution in [3.8, 4) is 5.75 Å². The van der Waals surface area contributed by atoms with Crippen LogP contribution in [0.25, 0.3) is 0 Å². The standard InChI is InChI=1S/C11H14F2O3/c1-2-16-9-4-3-7(8(15)5-6-14)10(12)11(9)13/h3-4,8,14-15H,2,5-6H2,1H3. The van der Waals surface area contributed by atoms with E-state index in [1.165, 1.54) is 12.1 Å². The maximum atomic E-state index is 13.5. The fourth-order valence-corrected chi connectivity index (χ4v) is 1.35. The van der Waals surface area contributed by atoms with Crippen LogP contribution in [0.2, 0.25) is 0 Å². The first kappa shape index (κ1) is 12.9. The molecule has 1 unspecified atom stereocenters. The van der Waals surface area contributed by atoms with Crippen LogP contribution in [0.3, 0.4) is 0 Å². The second kappa shape index (κ2) is 5.77. The molecule has 2 N–H and O–H groups in total. The van der Waals surface area contributed by atoms with Crippen molar-refractivity contribution in [1.29, 1.82) is 0 Å². The first-order chi connectivity index (χ1) is 7.61. The summed E-state index contributed by atoms with van der Waals surface area (Å²) in [5.41, 5.74) is -0.171. The smallest absolute Gasteiger partial charge is 0.200 e. The van der Waals surface area contributed by atoms with Crippen molar-refractivity contribution in [2.24, 2.45) is 0 Å². The van der Waals surface area contributed by atoms with E-state index in [1.807, 2.05) is 0 Å². The van der Waals surface area contributed by atoms with Crippen molar-refractivity contribution in [3.63, 3.8) is 0 Å². The molecule has 16 heavy (non-hydrogen) atoms. The van der Waals surface area contributed by atoms with E-state index in [0.29, 0.717) is 0 Å². The van der Waals surface area contributed by atoms with Crippen LogP contribution >= 0.6 is 0 Å². The molecule has 1 atom stereocenters. The lowest BCUT2D eigenvalue weighted by Gasteiger charge is -2.12. The third-order valence-corrected chi connectivity index (χ3v) is 2.14. The average Bonchev–Trinajstić information content (AvgIpc) is 2.25. The molecule has 0 fully saturated rings. The number of benzene rings is 1. The number of rotatable bonds is 5. The Balaban J connectivity index is 3.01. The van der Waals surface area contributed by atoms with E-state index in [2.05, 4.69) is 0 Å². The quantitative estimate of drug-likeness (QED) is 0.813. The van der Waals surface area contributed by atoms with Gasteiger partial charge in [-0.15, -0.1) is 0 Å². The van der Waals surface area contributed by atoms with Crippen LogP contribution in [0.1, 0.15) is 25.0 Å². The summed E-state index contributed by atoms with van der Waals surface area (Å²) in [6.45, 7) is 1.59. The number of halogens is 2. The maximum absolute atomic E-state index is 13.5. The second-order valence-electron chi connectivity index (χ2n) is 3.24. The summed E-state index contributed by atoms with van der Waals surface area (Å²) in [5.74, 6) is -2.43. The van der Waals surface area contributed by atoms with Gasteiger partial charge in [-0.25, -0.2) is 4.39 Å². The first-order valence-corrected chi connectivity index (χ1v) is 5.01. The summed E-state index contributed by atoms with van der Waals surface area (Å²) >= 11 is 0. The Kier molecular flexibility index (Phi) is 4.64. The lowest BCUT2D eigenvalue weighted by Crippen LogP contribution is -2.06. The number of aliphatic hydroxyl groups is 2. The summed E-state index contributed by atoms with van der Waals surface area (Å²) in [5, 5.41) is 18.0. The van der Waals surface area contributed by atoms with Crippen molar-refractivity contribution in [3.05, 3.63) is 29.3 Å². The van der Waals surface area contributed by atoms with E-state index >= 15 is 0 Å². The van der Waals surface area contributed by atoms with Gasteiger partial charge in [0.15, 0.2) is 11.6 Å². The number of aliphatic hydroxyl groups excluding tert-OH is 2. The van der Waals surface area contributed by atoms with Gasteiger partial charge in [0.2, 0.25) is 5.82 Å². The average molecular weight is 232 g/mol. The molecule has 90 valence electrons. The molecule has 0 aliphatic rings. The molecule has 0 aromatic heterocycles. The molecule has 1 rings (SSSR count). The normalized spacial score (nSPS) is 12.6. The largest absolute Gasteiger partial charge is 0.491 e. The highest BCUT2D eigenvalue weighted by atomic mass is 19.2. The Morgan fingerprint density at radius 1 is 1.31 bits per heavy atom. The van der Waals surface area contributed by atoms with E-state index < -0.39 is 17.7 Å². The Bertz CT molecular complexity index is 355. The molecule has 3 nitrogen and oxygen atoms in total. The van der Waals surface area contributed by atoms with Gasteiger partial charge < -0.3 is 14.9 Å². The zero-order valence-electron chi connectivity index (χ0n) is 8.91. The van der Waals surface area contributed by atoms with Crippen molar-refractivity contribution in [2.75, 3.05) is 13.2 Å². The van der Waals surface area contributed by atoms with Crippen molar-refractivity contribution >= 4 is 0 Å². The highest BCUT2D eigenvalue weighted by Crippen LogP contribution is 2.27. The molecular weight excluding hydrogens is 218 g/mol. The fourth-order valence-electron chi connectivity index (χ4n) is 1.35. The van der Waals surface area contributed by atoms with E-state index in [1.54, 1.807) is 6.92 Å². The van der Waals surface area contributed by atoms with Gasteiger partial charge in [-0.3, -0.25) is 0 Å². The molecule has 0 bridgehead atoms. The summed E-state index contributed by atoms with van der Waals surface area (Å²) in [4.78, 5) is 0. The summed E-state index contributed by atoms with van der Waals surface area (Å²) < 4.78 is 31.7. The summed E-state index contributed by atoms with van der Waals surface area (Å²) in [6.07, 6.45) is -1.25. The molecule has 0 saturated heterocycles. The highest BCUT2D eigenvalue weighted by molar-refractivity contribution is 5.32. The summed E-state index contributed by atoms with van der Waals surface area (Å²) in [7, 11) is 0. The van der Waals surface area contributed by atoms with Crippen LogP contribution in [0.4, 0.5) is 8.78 Å². The zero-order valence-corrected chi connectivity index (χ0v) is 8.91. The Morgan fingerprint density at radius 3 is 2.56 bits per heavy atom.